The van der Waals surface area contributed by atoms with Crippen molar-refractivity contribution in [1.29, 1.82) is 0 Å². The number of halogens is 1. The molecule has 0 bridgehead atoms. The molecule has 6 rings (SSSR count). The predicted molar refractivity (Wildman–Crippen MR) is 171 cm³/mol. The van der Waals surface area contributed by atoms with Crippen molar-refractivity contribution in [2.75, 3.05) is 26.8 Å². The van der Waals surface area contributed by atoms with E-state index in [0.717, 1.165) is 19.3 Å². The van der Waals surface area contributed by atoms with Gasteiger partial charge in [-0.1, -0.05) is 37.1 Å². The average molecular weight is 690 g/mol. The third-order valence-corrected chi connectivity index (χ3v) is 12.0. The van der Waals surface area contributed by atoms with Crippen molar-refractivity contribution in [3.63, 3.8) is 0 Å². The Balaban J connectivity index is 1.22. The smallest absolute Gasteiger partial charge is 0.410 e. The van der Waals surface area contributed by atoms with Crippen molar-refractivity contribution in [1.82, 2.24) is 19.8 Å². The minimum absolute atomic E-state index is 0.0530. The van der Waals surface area contributed by atoms with Crippen molar-refractivity contribution in [2.45, 2.75) is 99.2 Å². The summed E-state index contributed by atoms with van der Waals surface area (Å²) < 4.78 is 53.4. The molecule has 4 amide bonds. The van der Waals surface area contributed by atoms with Gasteiger partial charge in [-0.15, -0.1) is 0 Å². The number of nitrogens with two attached hydrogens (primary N) is 1. The van der Waals surface area contributed by atoms with Crippen LogP contribution in [0.3, 0.4) is 0 Å². The number of amides is 4. The Kier molecular flexibility index (Phi) is 9.83. The molecule has 6 atom stereocenters. The largest absolute Gasteiger partial charge is 0.444 e. The maximum atomic E-state index is 14.6. The number of sulfonamides is 1. The molecule has 262 valence electrons. The Morgan fingerprint density at radius 1 is 1.17 bits per heavy atom. The SMILES string of the molecule is COC[C@@H]1c2cccc(F)c2CCN1C(=O)O[C@@H]1CC2C(=O)N[C@]3(C(=O)NS(=O)(=O)C4CC4)C[C@H]3/C=C/CCCCC[C@H](N)C(=O)N2C1. The van der Waals surface area contributed by atoms with Gasteiger partial charge in [0.15, 0.2) is 0 Å². The van der Waals surface area contributed by atoms with Crippen LogP contribution < -0.4 is 15.8 Å². The van der Waals surface area contributed by atoms with Crippen LogP contribution in [0.5, 0.6) is 0 Å². The molecule has 4 N–H and O–H groups in total. The molecule has 13 nitrogen and oxygen atoms in total. The highest BCUT2D eigenvalue weighted by molar-refractivity contribution is 7.91. The first-order valence-electron chi connectivity index (χ1n) is 16.8. The maximum Gasteiger partial charge on any atom is 0.410 e. The Morgan fingerprint density at radius 2 is 1.96 bits per heavy atom. The number of nitrogens with zero attached hydrogens (tertiary/aromatic N) is 2. The zero-order valence-corrected chi connectivity index (χ0v) is 27.9. The van der Waals surface area contributed by atoms with E-state index in [1.807, 2.05) is 12.2 Å². The fraction of sp³-hybridized carbons (Fsp3) is 0.636. The summed E-state index contributed by atoms with van der Waals surface area (Å²) in [4.78, 5) is 57.5. The topological polar surface area (TPSA) is 177 Å². The summed E-state index contributed by atoms with van der Waals surface area (Å²) in [5.41, 5.74) is 5.96. The molecule has 3 heterocycles. The average Bonchev–Trinajstić information content (AvgIpc) is 3.97. The first kappa shape index (κ1) is 34.3. The highest BCUT2D eigenvalue weighted by Gasteiger charge is 2.62. The normalized spacial score (nSPS) is 31.7. The van der Waals surface area contributed by atoms with Crippen LogP contribution in [0.25, 0.3) is 0 Å². The number of hydrogen-bond donors (Lipinski definition) is 3. The summed E-state index contributed by atoms with van der Waals surface area (Å²) in [5, 5.41) is 2.17. The van der Waals surface area contributed by atoms with E-state index >= 15 is 0 Å². The second-order valence-electron chi connectivity index (χ2n) is 13.6. The molecule has 1 unspecified atom stereocenters. The van der Waals surface area contributed by atoms with Crippen molar-refractivity contribution in [2.24, 2.45) is 11.7 Å². The van der Waals surface area contributed by atoms with Crippen molar-refractivity contribution < 1.29 is 41.5 Å². The lowest BCUT2D eigenvalue weighted by Gasteiger charge is -2.36. The molecule has 2 saturated carbocycles. The third kappa shape index (κ3) is 6.95. The molecule has 3 fully saturated rings. The fourth-order valence-corrected chi connectivity index (χ4v) is 8.58. The summed E-state index contributed by atoms with van der Waals surface area (Å²) in [6.07, 6.45) is 7.10. The van der Waals surface area contributed by atoms with E-state index in [0.29, 0.717) is 36.8 Å². The number of hydrogen-bond acceptors (Lipinski definition) is 9. The van der Waals surface area contributed by atoms with E-state index in [-0.39, 0.29) is 44.8 Å². The quantitative estimate of drug-likeness (QED) is 0.376. The van der Waals surface area contributed by atoms with Gasteiger partial charge in [-0.3, -0.25) is 24.0 Å². The summed E-state index contributed by atoms with van der Waals surface area (Å²) in [5.74, 6) is -2.70. The monoisotopic (exact) mass is 689 g/mol. The van der Waals surface area contributed by atoms with Gasteiger partial charge < -0.3 is 25.4 Å². The first-order valence-corrected chi connectivity index (χ1v) is 18.3. The number of benzene rings is 1. The predicted octanol–water partition coefficient (Wildman–Crippen LogP) is 1.81. The molecule has 5 aliphatic rings. The van der Waals surface area contributed by atoms with Gasteiger partial charge >= 0.3 is 6.09 Å². The van der Waals surface area contributed by atoms with Crippen LogP contribution in [0.2, 0.25) is 0 Å². The van der Waals surface area contributed by atoms with Gasteiger partial charge in [-0.05, 0) is 62.1 Å². The molecule has 0 aromatic heterocycles. The second kappa shape index (κ2) is 13.7. The van der Waals surface area contributed by atoms with Crippen molar-refractivity contribution >= 4 is 33.8 Å². The maximum absolute atomic E-state index is 14.6. The summed E-state index contributed by atoms with van der Waals surface area (Å²) >= 11 is 0. The number of rotatable bonds is 6. The Bertz CT molecular complexity index is 1590. The summed E-state index contributed by atoms with van der Waals surface area (Å²) in [6, 6.07) is 2.10. The summed E-state index contributed by atoms with van der Waals surface area (Å²) in [6.45, 7) is 0.196. The fourth-order valence-electron chi connectivity index (χ4n) is 7.22. The van der Waals surface area contributed by atoms with Gasteiger partial charge in [0.2, 0.25) is 21.8 Å². The lowest BCUT2D eigenvalue weighted by atomic mass is 9.93. The highest BCUT2D eigenvalue weighted by Crippen LogP contribution is 2.46. The Morgan fingerprint density at radius 3 is 2.71 bits per heavy atom. The van der Waals surface area contributed by atoms with Gasteiger partial charge in [0.05, 0.1) is 30.5 Å². The number of carbonyl (C=O) groups excluding carboxylic acids is 4. The summed E-state index contributed by atoms with van der Waals surface area (Å²) in [7, 11) is -2.39. The van der Waals surface area contributed by atoms with Crippen LogP contribution >= 0.6 is 0 Å². The highest BCUT2D eigenvalue weighted by atomic mass is 32.2. The molecule has 48 heavy (non-hydrogen) atoms. The van der Waals surface area contributed by atoms with Gasteiger partial charge in [-0.2, -0.15) is 0 Å². The van der Waals surface area contributed by atoms with Crippen LogP contribution in [0.4, 0.5) is 9.18 Å². The number of allylic oxidation sites excluding steroid dienone is 1. The van der Waals surface area contributed by atoms with E-state index in [2.05, 4.69) is 10.0 Å². The first-order chi connectivity index (χ1) is 22.9. The second-order valence-corrected chi connectivity index (χ2v) is 15.6. The van der Waals surface area contributed by atoms with Gasteiger partial charge in [0.25, 0.3) is 5.91 Å². The molecule has 2 aliphatic carbocycles. The number of carbonyl (C=O) groups is 4. The lowest BCUT2D eigenvalue weighted by Crippen LogP contribution is -2.57. The standard InChI is InChI=1S/C33H44FN5O8S/c1-46-19-28-24-9-7-10-25(34)23(24)14-15-38(28)32(43)47-21-16-27-29(40)36-33(31(42)37-48(44,45)22-12-13-22)17-20(33)8-5-3-2-4-6-11-26(35)30(41)39(27)18-21/h5,7-10,20-22,26-28H,2-4,6,11-19,35H2,1H3,(H,36,40)(H,37,42)/b8-5+/t20-,21-,26+,27?,28-,33-/m1/s1. The molecule has 0 radical (unpaired) electrons. The van der Waals surface area contributed by atoms with Crippen LogP contribution in [-0.2, 0) is 40.3 Å². The molecular weight excluding hydrogens is 645 g/mol. The van der Waals surface area contributed by atoms with E-state index in [9.17, 15) is 32.0 Å². The zero-order chi connectivity index (χ0) is 34.2. The van der Waals surface area contributed by atoms with Gasteiger partial charge in [-0.25, -0.2) is 17.6 Å². The molecule has 1 saturated heterocycles. The van der Waals surface area contributed by atoms with Crippen LogP contribution in [0.15, 0.2) is 30.4 Å². The number of methoxy groups -OCH3 is 1. The van der Waals surface area contributed by atoms with E-state index in [1.54, 1.807) is 12.1 Å². The molecule has 3 aliphatic heterocycles. The number of nitrogens with one attached hydrogen (secondary N) is 2. The number of fused-ring (bicyclic) bond motifs is 3. The molecule has 15 heteroatoms. The van der Waals surface area contributed by atoms with Crippen molar-refractivity contribution in [3.8, 4) is 0 Å². The molecule has 1 aromatic carbocycles. The third-order valence-electron chi connectivity index (χ3n) is 10.2. The minimum Gasteiger partial charge on any atom is -0.444 e. The van der Waals surface area contributed by atoms with Crippen LogP contribution in [0, 0.1) is 11.7 Å². The van der Waals surface area contributed by atoms with Gasteiger partial charge in [0.1, 0.15) is 23.5 Å². The number of ether oxygens (including phenoxy) is 2. The molecule has 1 aromatic rings. The molecular formula is C33H44FN5O8S. The van der Waals surface area contributed by atoms with Crippen LogP contribution in [-0.4, -0.2) is 97.8 Å². The Hall–Kier alpha value is -3.56. The van der Waals surface area contributed by atoms with E-state index < -0.39 is 74.8 Å². The minimum atomic E-state index is -3.87. The molecule has 0 spiro atoms. The lowest BCUT2D eigenvalue weighted by molar-refractivity contribution is -0.140. The van der Waals surface area contributed by atoms with E-state index in [4.69, 9.17) is 15.2 Å². The zero-order valence-electron chi connectivity index (χ0n) is 27.1. The van der Waals surface area contributed by atoms with Crippen molar-refractivity contribution in [3.05, 3.63) is 47.3 Å². The Labute approximate surface area is 279 Å². The van der Waals surface area contributed by atoms with Crippen LogP contribution in [0.1, 0.15) is 75.0 Å². The van der Waals surface area contributed by atoms with Gasteiger partial charge in [0, 0.05) is 26.0 Å². The van der Waals surface area contributed by atoms with E-state index in [1.165, 1.54) is 23.0 Å².